The molecule has 0 saturated heterocycles. The molecule has 6 heteroatoms. The van der Waals surface area contributed by atoms with Crippen LogP contribution in [0.3, 0.4) is 0 Å². The second kappa shape index (κ2) is 4.88. The van der Waals surface area contributed by atoms with Crippen molar-refractivity contribution in [2.45, 2.75) is 13.0 Å². The van der Waals surface area contributed by atoms with Gasteiger partial charge in [-0.2, -0.15) is 0 Å². The van der Waals surface area contributed by atoms with Gasteiger partial charge in [-0.1, -0.05) is 33.3 Å². The Morgan fingerprint density at radius 3 is 2.59 bits per heavy atom. The summed E-state index contributed by atoms with van der Waals surface area (Å²) in [4.78, 5) is 0. The van der Waals surface area contributed by atoms with Crippen LogP contribution in [0.1, 0.15) is 22.9 Å². The predicted molar refractivity (Wildman–Crippen MR) is 71.6 cm³/mol. The van der Waals surface area contributed by atoms with Gasteiger partial charge in [-0.25, -0.2) is 4.68 Å². The van der Waals surface area contributed by atoms with E-state index in [9.17, 15) is 5.11 Å². The number of benzene rings is 1. The van der Waals surface area contributed by atoms with Gasteiger partial charge in [0.25, 0.3) is 0 Å². The van der Waals surface area contributed by atoms with E-state index < -0.39 is 6.10 Å². The standard InChI is InChI=1S/C11H11Br2N3O/c1-6-5-7(3-4-8(6)12)10(17)9-11(13)14-15-16(9)2/h3-5,10,17H,1-2H3. The summed E-state index contributed by atoms with van der Waals surface area (Å²) in [7, 11) is 1.75. The van der Waals surface area contributed by atoms with Crippen molar-refractivity contribution in [1.82, 2.24) is 15.0 Å². The molecule has 1 heterocycles. The SMILES string of the molecule is Cc1cc(C(O)c2c(Br)nnn2C)ccc1Br. The van der Waals surface area contributed by atoms with Gasteiger partial charge in [0.2, 0.25) is 0 Å². The zero-order chi connectivity index (χ0) is 12.6. The summed E-state index contributed by atoms with van der Waals surface area (Å²) in [6.45, 7) is 1.98. The first-order valence-corrected chi connectivity index (χ1v) is 6.58. The Balaban J connectivity index is 2.43. The molecule has 4 nitrogen and oxygen atoms in total. The van der Waals surface area contributed by atoms with Crippen molar-refractivity contribution in [3.63, 3.8) is 0 Å². The molecule has 0 radical (unpaired) electrons. The van der Waals surface area contributed by atoms with Gasteiger partial charge in [-0.05, 0) is 40.0 Å². The summed E-state index contributed by atoms with van der Waals surface area (Å²) in [5.41, 5.74) is 2.54. The molecule has 0 fully saturated rings. The van der Waals surface area contributed by atoms with Crippen LogP contribution in [0, 0.1) is 6.92 Å². The normalized spacial score (nSPS) is 12.8. The minimum absolute atomic E-state index is 0.563. The molecule has 1 unspecified atom stereocenters. The van der Waals surface area contributed by atoms with E-state index in [-0.39, 0.29) is 0 Å². The lowest BCUT2D eigenvalue weighted by atomic mass is 10.0. The molecular formula is C11H11Br2N3O. The van der Waals surface area contributed by atoms with Crippen LogP contribution in [0.4, 0.5) is 0 Å². The van der Waals surface area contributed by atoms with Crippen LogP contribution >= 0.6 is 31.9 Å². The van der Waals surface area contributed by atoms with E-state index in [1.165, 1.54) is 0 Å². The molecule has 17 heavy (non-hydrogen) atoms. The molecule has 1 aromatic carbocycles. The van der Waals surface area contributed by atoms with Crippen molar-refractivity contribution < 1.29 is 5.11 Å². The minimum Gasteiger partial charge on any atom is -0.382 e. The smallest absolute Gasteiger partial charge is 0.154 e. The molecule has 1 N–H and O–H groups in total. The fourth-order valence-corrected chi connectivity index (χ4v) is 2.42. The Bertz CT molecular complexity index is 534. The highest BCUT2D eigenvalue weighted by atomic mass is 79.9. The van der Waals surface area contributed by atoms with Crippen molar-refractivity contribution in [1.29, 1.82) is 0 Å². The number of nitrogens with zero attached hydrogens (tertiary/aromatic N) is 3. The number of hydrogen-bond donors (Lipinski definition) is 1. The van der Waals surface area contributed by atoms with Gasteiger partial charge >= 0.3 is 0 Å². The van der Waals surface area contributed by atoms with Crippen molar-refractivity contribution in [3.8, 4) is 0 Å². The molecule has 0 aliphatic heterocycles. The average molecular weight is 361 g/mol. The summed E-state index contributed by atoms with van der Waals surface area (Å²) in [5.74, 6) is 0. The third-order valence-corrected chi connectivity index (χ3v) is 4.04. The Kier molecular flexibility index (Phi) is 3.65. The Morgan fingerprint density at radius 1 is 1.35 bits per heavy atom. The van der Waals surface area contributed by atoms with Gasteiger partial charge in [-0.15, -0.1) is 5.10 Å². The predicted octanol–water partition coefficient (Wildman–Crippen LogP) is 2.73. The summed E-state index contributed by atoms with van der Waals surface area (Å²) < 4.78 is 3.15. The molecular weight excluding hydrogens is 350 g/mol. The van der Waals surface area contributed by atoms with Gasteiger partial charge in [-0.3, -0.25) is 0 Å². The zero-order valence-electron chi connectivity index (χ0n) is 9.35. The van der Waals surface area contributed by atoms with E-state index >= 15 is 0 Å². The first-order valence-electron chi connectivity index (χ1n) is 5.00. The van der Waals surface area contributed by atoms with Gasteiger partial charge in [0, 0.05) is 11.5 Å². The monoisotopic (exact) mass is 359 g/mol. The van der Waals surface area contributed by atoms with Gasteiger partial charge in [0.1, 0.15) is 11.8 Å². The number of aromatic nitrogens is 3. The maximum atomic E-state index is 10.3. The Morgan fingerprint density at radius 2 is 2.06 bits per heavy atom. The highest BCUT2D eigenvalue weighted by molar-refractivity contribution is 9.10. The van der Waals surface area contributed by atoms with E-state index in [1.807, 2.05) is 25.1 Å². The molecule has 2 aromatic rings. The second-order valence-corrected chi connectivity index (χ2v) is 5.41. The number of halogens is 2. The maximum absolute atomic E-state index is 10.3. The highest BCUT2D eigenvalue weighted by Gasteiger charge is 2.19. The summed E-state index contributed by atoms with van der Waals surface area (Å²) in [5, 5.41) is 18.0. The zero-order valence-corrected chi connectivity index (χ0v) is 12.5. The number of aliphatic hydroxyl groups excluding tert-OH is 1. The number of aryl methyl sites for hydroxylation is 2. The van der Waals surface area contributed by atoms with Crippen LogP contribution in [0.25, 0.3) is 0 Å². The van der Waals surface area contributed by atoms with Gasteiger partial charge in [0.15, 0.2) is 4.60 Å². The van der Waals surface area contributed by atoms with Crippen LogP contribution < -0.4 is 0 Å². The maximum Gasteiger partial charge on any atom is 0.154 e. The molecule has 0 bridgehead atoms. The van der Waals surface area contributed by atoms with E-state index in [0.29, 0.717) is 10.3 Å². The van der Waals surface area contributed by atoms with Gasteiger partial charge in [0.05, 0.1) is 0 Å². The first-order chi connectivity index (χ1) is 8.00. The summed E-state index contributed by atoms with van der Waals surface area (Å²) in [6, 6.07) is 5.74. The number of hydrogen-bond acceptors (Lipinski definition) is 3. The van der Waals surface area contributed by atoms with Crippen LogP contribution in [0.2, 0.25) is 0 Å². The van der Waals surface area contributed by atoms with Crippen molar-refractivity contribution in [2.75, 3.05) is 0 Å². The third-order valence-electron chi connectivity index (χ3n) is 2.58. The molecule has 0 aliphatic carbocycles. The lowest BCUT2D eigenvalue weighted by Crippen LogP contribution is -2.07. The van der Waals surface area contributed by atoms with Crippen molar-refractivity contribution in [2.24, 2.45) is 7.05 Å². The fraction of sp³-hybridized carbons (Fsp3) is 0.273. The molecule has 2 rings (SSSR count). The van der Waals surface area contributed by atoms with Crippen LogP contribution in [-0.2, 0) is 7.05 Å². The Labute approximate surface area is 116 Å². The summed E-state index contributed by atoms with van der Waals surface area (Å²) >= 11 is 6.72. The molecule has 0 amide bonds. The van der Waals surface area contributed by atoms with Crippen LogP contribution in [-0.4, -0.2) is 20.1 Å². The molecule has 0 aliphatic rings. The van der Waals surface area contributed by atoms with Crippen LogP contribution in [0.15, 0.2) is 27.3 Å². The van der Waals surface area contributed by atoms with E-state index in [4.69, 9.17) is 0 Å². The van der Waals surface area contributed by atoms with E-state index in [1.54, 1.807) is 11.7 Å². The first kappa shape index (κ1) is 12.7. The second-order valence-electron chi connectivity index (χ2n) is 3.80. The van der Waals surface area contributed by atoms with E-state index in [2.05, 4.69) is 42.2 Å². The topological polar surface area (TPSA) is 50.9 Å². The van der Waals surface area contributed by atoms with Crippen LogP contribution in [0.5, 0.6) is 0 Å². The number of aliphatic hydroxyl groups is 1. The molecule has 90 valence electrons. The third kappa shape index (κ3) is 2.43. The quantitative estimate of drug-likeness (QED) is 0.895. The van der Waals surface area contributed by atoms with Crippen molar-refractivity contribution in [3.05, 3.63) is 44.1 Å². The highest BCUT2D eigenvalue weighted by Crippen LogP contribution is 2.28. The molecule has 1 atom stereocenters. The average Bonchev–Trinajstić information content (AvgIpc) is 2.62. The fourth-order valence-electron chi connectivity index (χ4n) is 1.62. The molecule has 0 saturated carbocycles. The molecule has 1 aromatic heterocycles. The van der Waals surface area contributed by atoms with Crippen molar-refractivity contribution >= 4 is 31.9 Å². The number of rotatable bonds is 2. The lowest BCUT2D eigenvalue weighted by Gasteiger charge is -2.12. The minimum atomic E-state index is -0.740. The largest absolute Gasteiger partial charge is 0.382 e. The molecule has 0 spiro atoms. The van der Waals surface area contributed by atoms with E-state index in [0.717, 1.165) is 15.6 Å². The lowest BCUT2D eigenvalue weighted by molar-refractivity contribution is 0.209. The summed E-state index contributed by atoms with van der Waals surface area (Å²) in [6.07, 6.45) is -0.740. The Hall–Kier alpha value is -0.720. The van der Waals surface area contributed by atoms with Gasteiger partial charge < -0.3 is 5.11 Å².